The van der Waals surface area contributed by atoms with Crippen molar-refractivity contribution >= 4 is 6.29 Å². The number of unbranched alkanes of at least 4 members (excludes halogenated alkanes) is 3. The van der Waals surface area contributed by atoms with Crippen LogP contribution in [0, 0.1) is 5.92 Å². The fraction of sp³-hybridized carbons (Fsp3) is 0.750. The molecule has 0 aliphatic carbocycles. The summed E-state index contributed by atoms with van der Waals surface area (Å²) in [5, 5.41) is 0. The lowest BCUT2D eigenvalue weighted by Crippen LogP contribution is -1.96. The van der Waals surface area contributed by atoms with Crippen LogP contribution in [-0.2, 0) is 4.79 Å². The minimum absolute atomic E-state index is 0.673. The van der Waals surface area contributed by atoms with Crippen LogP contribution in [0.1, 0.15) is 51.9 Å². The summed E-state index contributed by atoms with van der Waals surface area (Å²) < 4.78 is 0. The molecule has 0 aromatic rings. The van der Waals surface area contributed by atoms with Crippen LogP contribution in [-0.4, -0.2) is 6.29 Å². The number of rotatable bonds is 9. The smallest absolute Gasteiger partial charge is 0.119 e. The highest BCUT2D eigenvalue weighted by molar-refractivity contribution is 5.48. The van der Waals surface area contributed by atoms with Crippen molar-refractivity contribution < 1.29 is 4.79 Å². The van der Waals surface area contributed by atoms with Gasteiger partial charge in [0.25, 0.3) is 0 Å². The molecular formula is C12H22O. The largest absolute Gasteiger partial charge is 0.303 e. The van der Waals surface area contributed by atoms with Gasteiger partial charge in [-0.3, -0.25) is 0 Å². The van der Waals surface area contributed by atoms with Crippen LogP contribution in [0.2, 0.25) is 0 Å². The summed E-state index contributed by atoms with van der Waals surface area (Å²) >= 11 is 0. The Morgan fingerprint density at radius 1 is 1.23 bits per heavy atom. The summed E-state index contributed by atoms with van der Waals surface area (Å²) in [5.74, 6) is 0.673. The Bertz CT molecular complexity index is 129. The van der Waals surface area contributed by atoms with Crippen LogP contribution in [0.25, 0.3) is 0 Å². The zero-order valence-corrected chi connectivity index (χ0v) is 8.80. The maximum atomic E-state index is 10.1. The third-order valence-corrected chi connectivity index (χ3v) is 2.41. The summed E-state index contributed by atoms with van der Waals surface area (Å²) in [4.78, 5) is 10.1. The fourth-order valence-corrected chi connectivity index (χ4v) is 1.48. The van der Waals surface area contributed by atoms with Gasteiger partial charge in [-0.15, -0.1) is 6.58 Å². The molecule has 76 valence electrons. The minimum Gasteiger partial charge on any atom is -0.303 e. The van der Waals surface area contributed by atoms with E-state index < -0.39 is 0 Å². The van der Waals surface area contributed by atoms with E-state index in [2.05, 4.69) is 19.6 Å². The first-order valence-electron chi connectivity index (χ1n) is 5.41. The minimum atomic E-state index is 0.673. The lowest BCUT2D eigenvalue weighted by atomic mass is 9.96. The second-order valence-corrected chi connectivity index (χ2v) is 3.59. The molecule has 1 atom stereocenters. The molecule has 0 aliphatic rings. The SMILES string of the molecule is C=CC(CCCC)CCCCC=O. The highest BCUT2D eigenvalue weighted by Crippen LogP contribution is 2.17. The number of hydrogen-bond donors (Lipinski definition) is 0. The number of carbonyl (C=O) groups is 1. The van der Waals surface area contributed by atoms with Crippen LogP contribution in [0.15, 0.2) is 12.7 Å². The number of carbonyl (C=O) groups excluding carboxylic acids is 1. The molecule has 13 heavy (non-hydrogen) atoms. The summed E-state index contributed by atoms with van der Waals surface area (Å²) in [6.07, 6.45) is 11.0. The van der Waals surface area contributed by atoms with Crippen molar-refractivity contribution in [3.63, 3.8) is 0 Å². The maximum absolute atomic E-state index is 10.1. The molecule has 0 saturated carbocycles. The van der Waals surface area contributed by atoms with Gasteiger partial charge in [0.15, 0.2) is 0 Å². The van der Waals surface area contributed by atoms with Crippen LogP contribution in [0.3, 0.4) is 0 Å². The van der Waals surface area contributed by atoms with E-state index in [-0.39, 0.29) is 0 Å². The normalized spacial score (nSPS) is 12.4. The lowest BCUT2D eigenvalue weighted by molar-refractivity contribution is -0.107. The molecule has 0 aromatic heterocycles. The topological polar surface area (TPSA) is 17.1 Å². The predicted molar refractivity (Wildman–Crippen MR) is 57.7 cm³/mol. The average Bonchev–Trinajstić information content (AvgIpc) is 2.17. The van der Waals surface area contributed by atoms with Crippen molar-refractivity contribution in [3.05, 3.63) is 12.7 Å². The van der Waals surface area contributed by atoms with E-state index in [4.69, 9.17) is 0 Å². The molecule has 1 heteroatoms. The average molecular weight is 182 g/mol. The van der Waals surface area contributed by atoms with Crippen LogP contribution in [0.5, 0.6) is 0 Å². The van der Waals surface area contributed by atoms with Gasteiger partial charge in [-0.25, -0.2) is 0 Å². The highest BCUT2D eigenvalue weighted by atomic mass is 16.1. The number of allylic oxidation sites excluding steroid dienone is 1. The van der Waals surface area contributed by atoms with E-state index in [9.17, 15) is 4.79 Å². The standard InChI is InChI=1S/C12H22O/c1-3-5-9-12(4-2)10-7-6-8-11-13/h4,11-12H,2-3,5-10H2,1H3. The maximum Gasteiger partial charge on any atom is 0.119 e. The summed E-state index contributed by atoms with van der Waals surface area (Å²) in [6, 6.07) is 0. The molecule has 0 heterocycles. The second kappa shape index (κ2) is 9.50. The van der Waals surface area contributed by atoms with E-state index >= 15 is 0 Å². The molecule has 0 aromatic carbocycles. The van der Waals surface area contributed by atoms with E-state index in [1.807, 2.05) is 0 Å². The molecule has 0 aliphatic heterocycles. The van der Waals surface area contributed by atoms with Gasteiger partial charge in [0.05, 0.1) is 0 Å². The number of aldehydes is 1. The molecule has 0 N–H and O–H groups in total. The molecule has 0 bridgehead atoms. The molecule has 0 spiro atoms. The Hall–Kier alpha value is -0.590. The van der Waals surface area contributed by atoms with Crippen molar-refractivity contribution in [1.82, 2.24) is 0 Å². The van der Waals surface area contributed by atoms with E-state index in [0.717, 1.165) is 19.1 Å². The summed E-state index contributed by atoms with van der Waals surface area (Å²) in [7, 11) is 0. The van der Waals surface area contributed by atoms with Gasteiger partial charge in [-0.05, 0) is 25.2 Å². The zero-order valence-electron chi connectivity index (χ0n) is 8.80. The fourth-order valence-electron chi connectivity index (χ4n) is 1.48. The monoisotopic (exact) mass is 182 g/mol. The van der Waals surface area contributed by atoms with Gasteiger partial charge in [-0.2, -0.15) is 0 Å². The van der Waals surface area contributed by atoms with Gasteiger partial charge in [-0.1, -0.05) is 32.3 Å². The van der Waals surface area contributed by atoms with E-state index in [0.29, 0.717) is 5.92 Å². The first-order chi connectivity index (χ1) is 6.35. The van der Waals surface area contributed by atoms with Crippen LogP contribution < -0.4 is 0 Å². The molecule has 0 rings (SSSR count). The van der Waals surface area contributed by atoms with Gasteiger partial charge in [0.1, 0.15) is 6.29 Å². The molecule has 1 nitrogen and oxygen atoms in total. The zero-order chi connectivity index (χ0) is 9.94. The third kappa shape index (κ3) is 7.76. The van der Waals surface area contributed by atoms with Crippen molar-refractivity contribution in [2.24, 2.45) is 5.92 Å². The molecular weight excluding hydrogens is 160 g/mol. The van der Waals surface area contributed by atoms with E-state index in [1.165, 1.54) is 32.1 Å². The Kier molecular flexibility index (Phi) is 9.07. The van der Waals surface area contributed by atoms with Crippen LogP contribution >= 0.6 is 0 Å². The van der Waals surface area contributed by atoms with Gasteiger partial charge >= 0.3 is 0 Å². The Morgan fingerprint density at radius 2 is 1.92 bits per heavy atom. The molecule has 0 amide bonds. The van der Waals surface area contributed by atoms with Crippen molar-refractivity contribution in [2.75, 3.05) is 0 Å². The molecule has 1 unspecified atom stereocenters. The predicted octanol–water partition coefficient (Wildman–Crippen LogP) is 3.74. The van der Waals surface area contributed by atoms with Crippen LogP contribution in [0.4, 0.5) is 0 Å². The molecule has 0 fully saturated rings. The van der Waals surface area contributed by atoms with Crippen molar-refractivity contribution in [3.8, 4) is 0 Å². The third-order valence-electron chi connectivity index (χ3n) is 2.41. The van der Waals surface area contributed by atoms with Gasteiger partial charge in [0, 0.05) is 6.42 Å². The van der Waals surface area contributed by atoms with Crippen molar-refractivity contribution in [2.45, 2.75) is 51.9 Å². The lowest BCUT2D eigenvalue weighted by Gasteiger charge is -2.10. The quantitative estimate of drug-likeness (QED) is 0.301. The van der Waals surface area contributed by atoms with Crippen molar-refractivity contribution in [1.29, 1.82) is 0 Å². The first-order valence-corrected chi connectivity index (χ1v) is 5.41. The second-order valence-electron chi connectivity index (χ2n) is 3.59. The van der Waals surface area contributed by atoms with E-state index in [1.54, 1.807) is 0 Å². The van der Waals surface area contributed by atoms with Gasteiger partial charge < -0.3 is 4.79 Å². The highest BCUT2D eigenvalue weighted by Gasteiger charge is 2.02. The summed E-state index contributed by atoms with van der Waals surface area (Å²) in [5.41, 5.74) is 0. The molecule has 0 saturated heterocycles. The Morgan fingerprint density at radius 3 is 2.46 bits per heavy atom. The first kappa shape index (κ1) is 12.4. The number of hydrogen-bond acceptors (Lipinski definition) is 1. The summed E-state index contributed by atoms with van der Waals surface area (Å²) in [6.45, 7) is 6.06. The Labute approximate surface area is 82.2 Å². The van der Waals surface area contributed by atoms with Gasteiger partial charge in [0.2, 0.25) is 0 Å². The molecule has 0 radical (unpaired) electrons. The Balaban J connectivity index is 3.35.